The van der Waals surface area contributed by atoms with Gasteiger partial charge in [-0.1, -0.05) is 30.4 Å². The van der Waals surface area contributed by atoms with E-state index in [-0.39, 0.29) is 31.1 Å². The molecule has 0 N–H and O–H groups in total. The van der Waals surface area contributed by atoms with Crippen LogP contribution in [0.5, 0.6) is 0 Å². The van der Waals surface area contributed by atoms with Crippen LogP contribution in [0.15, 0.2) is 66.5 Å². The number of hydrogen-bond donors (Lipinski definition) is 0. The third kappa shape index (κ3) is 4.37. The number of hydrogen-bond acceptors (Lipinski definition) is 5. The summed E-state index contributed by atoms with van der Waals surface area (Å²) < 4.78 is 16.8. The van der Waals surface area contributed by atoms with Crippen LogP contribution in [0.3, 0.4) is 0 Å². The van der Waals surface area contributed by atoms with Gasteiger partial charge in [-0.3, -0.25) is 4.79 Å². The van der Waals surface area contributed by atoms with Gasteiger partial charge in [-0.2, -0.15) is 0 Å². The number of fused-ring (bicyclic) bond motifs is 1. The molecule has 0 unspecified atom stereocenters. The Balaban J connectivity index is 1.63. The molecule has 0 saturated carbocycles. The Hall–Kier alpha value is -2.66. The fourth-order valence-corrected chi connectivity index (χ4v) is 3.37. The zero-order chi connectivity index (χ0) is 19.3. The minimum Gasteiger partial charge on any atom is -0.469 e. The summed E-state index contributed by atoms with van der Waals surface area (Å²) in [4.78, 5) is 24.2. The van der Waals surface area contributed by atoms with Crippen LogP contribution in [0.4, 0.5) is 0 Å². The van der Waals surface area contributed by atoms with Gasteiger partial charge < -0.3 is 14.2 Å². The van der Waals surface area contributed by atoms with Crippen molar-refractivity contribution in [2.45, 2.75) is 31.8 Å². The average molecular weight is 368 g/mol. The first-order valence-electron chi connectivity index (χ1n) is 9.05. The summed E-state index contributed by atoms with van der Waals surface area (Å²) in [5.41, 5.74) is 0.826. The van der Waals surface area contributed by atoms with E-state index in [0.29, 0.717) is 30.6 Å². The van der Waals surface area contributed by atoms with Crippen molar-refractivity contribution in [3.05, 3.63) is 72.0 Å². The van der Waals surface area contributed by atoms with Crippen LogP contribution in [-0.2, 0) is 19.0 Å². The smallest absolute Gasteiger partial charge is 0.338 e. The van der Waals surface area contributed by atoms with E-state index in [1.807, 2.05) is 19.1 Å². The first-order chi connectivity index (χ1) is 13.0. The van der Waals surface area contributed by atoms with Gasteiger partial charge in [-0.15, -0.1) is 6.58 Å². The Morgan fingerprint density at radius 3 is 2.89 bits per heavy atom. The summed E-state index contributed by atoms with van der Waals surface area (Å²) >= 11 is 0. The molecule has 1 heterocycles. The maximum Gasteiger partial charge on any atom is 0.338 e. The van der Waals surface area contributed by atoms with Gasteiger partial charge in [0.05, 0.1) is 5.56 Å². The van der Waals surface area contributed by atoms with Gasteiger partial charge in [0, 0.05) is 18.4 Å². The van der Waals surface area contributed by atoms with Gasteiger partial charge in [-0.05, 0) is 37.5 Å². The summed E-state index contributed by atoms with van der Waals surface area (Å²) in [6, 6.07) is 8.89. The highest BCUT2D eigenvalue weighted by Gasteiger charge is 2.47. The van der Waals surface area contributed by atoms with Gasteiger partial charge in [-0.25, -0.2) is 4.79 Å². The molecule has 0 spiro atoms. The van der Waals surface area contributed by atoms with Crippen molar-refractivity contribution in [3.63, 3.8) is 0 Å². The summed E-state index contributed by atoms with van der Waals surface area (Å²) in [7, 11) is 0. The second kappa shape index (κ2) is 8.35. The van der Waals surface area contributed by atoms with Crippen LogP contribution < -0.4 is 0 Å². The SMILES string of the molecule is C=CC[C@H]1C[C@@]2(C/C=C(/C)COC(=O)c3ccccc3)OCOC2=CC1=O. The highest BCUT2D eigenvalue weighted by molar-refractivity contribution is 5.93. The fraction of sp³-hybridized carbons (Fsp3) is 0.364. The highest BCUT2D eigenvalue weighted by atomic mass is 16.7. The molecule has 2 aliphatic rings. The third-order valence-electron chi connectivity index (χ3n) is 4.92. The van der Waals surface area contributed by atoms with Gasteiger partial charge in [0.1, 0.15) is 18.0 Å². The summed E-state index contributed by atoms with van der Waals surface area (Å²) in [5.74, 6) is 0.163. The normalized spacial score (nSPS) is 24.6. The van der Waals surface area contributed by atoms with Crippen LogP contribution in [-0.4, -0.2) is 30.8 Å². The summed E-state index contributed by atoms with van der Waals surface area (Å²) in [6.45, 7) is 5.99. The molecule has 1 aliphatic heterocycles. The van der Waals surface area contributed by atoms with E-state index >= 15 is 0 Å². The number of allylic oxidation sites excluding steroid dienone is 2. The molecule has 1 saturated heterocycles. The molecule has 5 nitrogen and oxygen atoms in total. The molecule has 1 aromatic carbocycles. The molecule has 0 amide bonds. The molecule has 5 heteroatoms. The van der Waals surface area contributed by atoms with Gasteiger partial charge in [0.15, 0.2) is 12.6 Å². The minimum atomic E-state index is -0.619. The molecule has 1 aromatic rings. The molecule has 142 valence electrons. The summed E-state index contributed by atoms with van der Waals surface area (Å²) in [6.07, 6.45) is 7.05. The number of rotatable bonds is 7. The second-order valence-electron chi connectivity index (χ2n) is 6.93. The van der Waals surface area contributed by atoms with Crippen molar-refractivity contribution in [2.75, 3.05) is 13.4 Å². The van der Waals surface area contributed by atoms with Crippen LogP contribution in [0.1, 0.15) is 36.5 Å². The lowest BCUT2D eigenvalue weighted by atomic mass is 9.77. The first kappa shape index (κ1) is 19.1. The van der Waals surface area contributed by atoms with Gasteiger partial charge in [0.2, 0.25) is 0 Å². The van der Waals surface area contributed by atoms with E-state index in [9.17, 15) is 9.59 Å². The molecule has 0 radical (unpaired) electrons. The molecule has 0 aromatic heterocycles. The second-order valence-corrected chi connectivity index (χ2v) is 6.93. The van der Waals surface area contributed by atoms with E-state index in [2.05, 4.69) is 6.58 Å². The van der Waals surface area contributed by atoms with Crippen molar-refractivity contribution in [2.24, 2.45) is 5.92 Å². The Labute approximate surface area is 159 Å². The molecule has 2 atom stereocenters. The standard InChI is InChI=1S/C22H24O5/c1-3-7-18-13-22(20(12-19(18)23)26-15-27-22)11-10-16(2)14-25-21(24)17-8-5-4-6-9-17/h3-6,8-10,12,18H,1,7,11,13-15H2,2H3/b16-10-/t18-,22+/m0/s1. The molecular formula is C22H24O5. The largest absolute Gasteiger partial charge is 0.469 e. The number of ketones is 1. The van der Waals surface area contributed by atoms with Crippen molar-refractivity contribution < 1.29 is 23.8 Å². The van der Waals surface area contributed by atoms with Crippen molar-refractivity contribution >= 4 is 11.8 Å². The first-order valence-corrected chi connectivity index (χ1v) is 9.05. The Morgan fingerprint density at radius 1 is 1.37 bits per heavy atom. The predicted octanol–water partition coefficient (Wildman–Crippen LogP) is 3.97. The lowest BCUT2D eigenvalue weighted by Gasteiger charge is -2.32. The monoisotopic (exact) mass is 368 g/mol. The maximum absolute atomic E-state index is 12.2. The number of ether oxygens (including phenoxy) is 3. The Bertz CT molecular complexity index is 777. The number of benzene rings is 1. The zero-order valence-electron chi connectivity index (χ0n) is 15.5. The average Bonchev–Trinajstić information content (AvgIpc) is 3.08. The van der Waals surface area contributed by atoms with Crippen LogP contribution in [0.25, 0.3) is 0 Å². The van der Waals surface area contributed by atoms with Crippen molar-refractivity contribution in [3.8, 4) is 0 Å². The Kier molecular flexibility index (Phi) is 5.91. The molecular weight excluding hydrogens is 344 g/mol. The van der Waals surface area contributed by atoms with Crippen molar-refractivity contribution in [1.29, 1.82) is 0 Å². The quantitative estimate of drug-likeness (QED) is 0.538. The van der Waals surface area contributed by atoms with Gasteiger partial charge >= 0.3 is 5.97 Å². The molecule has 0 bridgehead atoms. The molecule has 27 heavy (non-hydrogen) atoms. The Morgan fingerprint density at radius 2 is 2.15 bits per heavy atom. The van der Waals surface area contributed by atoms with E-state index in [4.69, 9.17) is 14.2 Å². The lowest BCUT2D eigenvalue weighted by Crippen LogP contribution is -2.38. The molecule has 1 fully saturated rings. The fourth-order valence-electron chi connectivity index (χ4n) is 3.37. The number of esters is 1. The number of carbonyl (C=O) groups excluding carboxylic acids is 2. The predicted molar refractivity (Wildman–Crippen MR) is 101 cm³/mol. The van der Waals surface area contributed by atoms with Crippen LogP contribution in [0, 0.1) is 5.92 Å². The van der Waals surface area contributed by atoms with E-state index in [1.165, 1.54) is 0 Å². The molecule has 1 aliphatic carbocycles. The van der Waals surface area contributed by atoms with Gasteiger partial charge in [0.25, 0.3) is 0 Å². The van der Waals surface area contributed by atoms with E-state index in [0.717, 1.165) is 5.57 Å². The maximum atomic E-state index is 12.2. The number of carbonyl (C=O) groups is 2. The highest BCUT2D eigenvalue weighted by Crippen LogP contribution is 2.43. The van der Waals surface area contributed by atoms with Crippen LogP contribution in [0.2, 0.25) is 0 Å². The minimum absolute atomic E-state index is 0.0588. The zero-order valence-corrected chi connectivity index (χ0v) is 15.5. The van der Waals surface area contributed by atoms with E-state index < -0.39 is 5.60 Å². The lowest BCUT2D eigenvalue weighted by molar-refractivity contribution is -0.121. The van der Waals surface area contributed by atoms with Crippen LogP contribution >= 0.6 is 0 Å². The van der Waals surface area contributed by atoms with Crippen molar-refractivity contribution in [1.82, 2.24) is 0 Å². The molecule has 3 rings (SSSR count). The third-order valence-corrected chi connectivity index (χ3v) is 4.92. The summed E-state index contributed by atoms with van der Waals surface area (Å²) in [5, 5.41) is 0. The van der Waals surface area contributed by atoms with E-state index in [1.54, 1.807) is 36.4 Å². The topological polar surface area (TPSA) is 61.8 Å².